The van der Waals surface area contributed by atoms with Crippen LogP contribution in [0.5, 0.6) is 0 Å². The van der Waals surface area contributed by atoms with E-state index in [0.717, 1.165) is 25.1 Å². The number of nitrogens with one attached hydrogen (secondary N) is 1. The van der Waals surface area contributed by atoms with Crippen molar-refractivity contribution < 1.29 is 4.39 Å². The molecule has 1 nitrogen and oxygen atoms in total. The lowest BCUT2D eigenvalue weighted by Gasteiger charge is -2.10. The Morgan fingerprint density at radius 1 is 1.46 bits per heavy atom. The van der Waals surface area contributed by atoms with Crippen LogP contribution < -0.4 is 5.32 Å². The smallest absolute Gasteiger partial charge is 0.142 e. The minimum atomic E-state index is -0.314. The van der Waals surface area contributed by atoms with Crippen molar-refractivity contribution in [2.24, 2.45) is 0 Å². The van der Waals surface area contributed by atoms with Crippen molar-refractivity contribution in [3.05, 3.63) is 34.6 Å². The summed E-state index contributed by atoms with van der Waals surface area (Å²) >= 11 is 5.87. The minimum Gasteiger partial charge on any atom is -0.316 e. The van der Waals surface area contributed by atoms with Gasteiger partial charge in [-0.05, 0) is 30.5 Å². The molecular formula is C10H11ClFN. The predicted molar refractivity (Wildman–Crippen MR) is 51.6 cm³/mol. The third kappa shape index (κ3) is 1.69. The van der Waals surface area contributed by atoms with Gasteiger partial charge in [0.1, 0.15) is 5.82 Å². The Labute approximate surface area is 81.9 Å². The standard InChI is InChI=1S/C10H11ClFN/c11-10-8(2-1-3-9(10)12)7-4-5-13-6-7/h1-3,7,13H,4-6H2/t7-/m0/s1. The highest BCUT2D eigenvalue weighted by Crippen LogP contribution is 2.30. The molecule has 0 bridgehead atoms. The van der Waals surface area contributed by atoms with Gasteiger partial charge in [-0.15, -0.1) is 0 Å². The van der Waals surface area contributed by atoms with Crippen molar-refractivity contribution in [3.8, 4) is 0 Å². The molecule has 1 fully saturated rings. The Hall–Kier alpha value is -0.600. The number of benzene rings is 1. The number of halogens is 2. The van der Waals surface area contributed by atoms with E-state index in [9.17, 15) is 4.39 Å². The summed E-state index contributed by atoms with van der Waals surface area (Å²) in [7, 11) is 0. The molecule has 1 aromatic carbocycles. The van der Waals surface area contributed by atoms with Crippen molar-refractivity contribution in [1.82, 2.24) is 5.32 Å². The van der Waals surface area contributed by atoms with E-state index < -0.39 is 0 Å². The van der Waals surface area contributed by atoms with Crippen LogP contribution in [0.4, 0.5) is 4.39 Å². The van der Waals surface area contributed by atoms with Crippen LogP contribution in [0.2, 0.25) is 5.02 Å². The number of hydrogen-bond acceptors (Lipinski definition) is 1. The predicted octanol–water partition coefficient (Wildman–Crippen LogP) is 2.56. The van der Waals surface area contributed by atoms with Crippen LogP contribution in [0.25, 0.3) is 0 Å². The molecule has 1 saturated heterocycles. The molecule has 70 valence electrons. The second kappa shape index (κ2) is 3.64. The Morgan fingerprint density at radius 2 is 2.31 bits per heavy atom. The zero-order chi connectivity index (χ0) is 9.26. The molecule has 1 atom stereocenters. The summed E-state index contributed by atoms with van der Waals surface area (Å²) in [5.74, 6) is 0.0641. The van der Waals surface area contributed by atoms with E-state index in [2.05, 4.69) is 5.32 Å². The molecule has 2 rings (SSSR count). The lowest BCUT2D eigenvalue weighted by Crippen LogP contribution is -2.08. The first kappa shape index (κ1) is 8.97. The Morgan fingerprint density at radius 3 is 3.00 bits per heavy atom. The third-order valence-electron chi connectivity index (χ3n) is 2.48. The molecular weight excluding hydrogens is 189 g/mol. The molecule has 13 heavy (non-hydrogen) atoms. The van der Waals surface area contributed by atoms with Gasteiger partial charge >= 0.3 is 0 Å². The molecule has 0 radical (unpaired) electrons. The third-order valence-corrected chi connectivity index (χ3v) is 2.88. The van der Waals surface area contributed by atoms with Crippen molar-refractivity contribution in [3.63, 3.8) is 0 Å². The summed E-state index contributed by atoms with van der Waals surface area (Å²) in [4.78, 5) is 0. The average molecular weight is 200 g/mol. The molecule has 1 N–H and O–H groups in total. The van der Waals surface area contributed by atoms with Gasteiger partial charge < -0.3 is 5.32 Å². The summed E-state index contributed by atoms with van der Waals surface area (Å²) < 4.78 is 13.1. The second-order valence-electron chi connectivity index (χ2n) is 3.33. The van der Waals surface area contributed by atoms with Crippen LogP contribution >= 0.6 is 11.6 Å². The van der Waals surface area contributed by atoms with E-state index in [-0.39, 0.29) is 10.8 Å². The average Bonchev–Trinajstić information content (AvgIpc) is 2.62. The molecule has 3 heteroatoms. The Kier molecular flexibility index (Phi) is 2.51. The summed E-state index contributed by atoms with van der Waals surface area (Å²) in [6.45, 7) is 1.90. The number of rotatable bonds is 1. The Balaban J connectivity index is 2.33. The molecule has 0 aromatic heterocycles. The van der Waals surface area contributed by atoms with Crippen LogP contribution in [-0.4, -0.2) is 13.1 Å². The van der Waals surface area contributed by atoms with Gasteiger partial charge in [0.05, 0.1) is 5.02 Å². The van der Waals surface area contributed by atoms with E-state index in [4.69, 9.17) is 11.6 Å². The lowest BCUT2D eigenvalue weighted by molar-refractivity contribution is 0.621. The van der Waals surface area contributed by atoms with Crippen molar-refractivity contribution >= 4 is 11.6 Å². The zero-order valence-corrected chi connectivity index (χ0v) is 7.94. The first-order chi connectivity index (χ1) is 6.29. The second-order valence-corrected chi connectivity index (χ2v) is 3.71. The van der Waals surface area contributed by atoms with E-state index >= 15 is 0 Å². The molecule has 1 aromatic rings. The molecule has 0 amide bonds. The zero-order valence-electron chi connectivity index (χ0n) is 7.19. The normalized spacial score (nSPS) is 22.2. The van der Waals surface area contributed by atoms with Gasteiger partial charge in [0.2, 0.25) is 0 Å². The van der Waals surface area contributed by atoms with Crippen molar-refractivity contribution in [2.45, 2.75) is 12.3 Å². The molecule has 1 heterocycles. The van der Waals surface area contributed by atoms with E-state index in [0.29, 0.717) is 5.92 Å². The Bertz CT molecular complexity index is 308. The SMILES string of the molecule is Fc1cccc([C@H]2CCNC2)c1Cl. The largest absolute Gasteiger partial charge is 0.316 e. The maximum atomic E-state index is 13.1. The fourth-order valence-electron chi connectivity index (χ4n) is 1.76. The molecule has 0 spiro atoms. The summed E-state index contributed by atoms with van der Waals surface area (Å²) in [5, 5.41) is 3.52. The van der Waals surface area contributed by atoms with Crippen LogP contribution in [0, 0.1) is 5.82 Å². The van der Waals surface area contributed by atoms with Crippen molar-refractivity contribution in [1.29, 1.82) is 0 Å². The summed E-state index contributed by atoms with van der Waals surface area (Å²) in [6.07, 6.45) is 1.04. The fourth-order valence-corrected chi connectivity index (χ4v) is 2.04. The van der Waals surface area contributed by atoms with Crippen LogP contribution in [0.1, 0.15) is 17.9 Å². The highest BCUT2D eigenvalue weighted by Gasteiger charge is 2.20. The summed E-state index contributed by atoms with van der Waals surface area (Å²) in [6, 6.07) is 5.02. The van der Waals surface area contributed by atoms with Gasteiger partial charge in [-0.3, -0.25) is 0 Å². The van der Waals surface area contributed by atoms with Gasteiger partial charge in [0.25, 0.3) is 0 Å². The van der Waals surface area contributed by atoms with Crippen LogP contribution in [-0.2, 0) is 0 Å². The maximum absolute atomic E-state index is 13.1. The minimum absolute atomic E-state index is 0.288. The fraction of sp³-hybridized carbons (Fsp3) is 0.400. The van der Waals surface area contributed by atoms with Crippen LogP contribution in [0.15, 0.2) is 18.2 Å². The number of hydrogen-bond donors (Lipinski definition) is 1. The van der Waals surface area contributed by atoms with Gasteiger partial charge in [-0.1, -0.05) is 23.7 Å². The molecule has 1 aliphatic rings. The van der Waals surface area contributed by atoms with Gasteiger partial charge in [0.15, 0.2) is 0 Å². The van der Waals surface area contributed by atoms with Gasteiger partial charge in [0, 0.05) is 6.54 Å². The maximum Gasteiger partial charge on any atom is 0.142 e. The van der Waals surface area contributed by atoms with Gasteiger partial charge in [-0.25, -0.2) is 4.39 Å². The first-order valence-corrected chi connectivity index (χ1v) is 4.81. The van der Waals surface area contributed by atoms with Crippen molar-refractivity contribution in [2.75, 3.05) is 13.1 Å². The quantitative estimate of drug-likeness (QED) is 0.733. The molecule has 0 aliphatic carbocycles. The molecule has 0 saturated carbocycles. The van der Waals surface area contributed by atoms with E-state index in [1.54, 1.807) is 6.07 Å². The molecule has 1 aliphatic heterocycles. The van der Waals surface area contributed by atoms with Crippen LogP contribution in [0.3, 0.4) is 0 Å². The van der Waals surface area contributed by atoms with E-state index in [1.807, 2.05) is 6.07 Å². The summed E-state index contributed by atoms with van der Waals surface area (Å²) in [5.41, 5.74) is 0.937. The molecule has 0 unspecified atom stereocenters. The topological polar surface area (TPSA) is 12.0 Å². The highest BCUT2D eigenvalue weighted by molar-refractivity contribution is 6.31. The monoisotopic (exact) mass is 199 g/mol. The highest BCUT2D eigenvalue weighted by atomic mass is 35.5. The first-order valence-electron chi connectivity index (χ1n) is 4.43. The van der Waals surface area contributed by atoms with Gasteiger partial charge in [-0.2, -0.15) is 0 Å². The van der Waals surface area contributed by atoms with E-state index in [1.165, 1.54) is 6.07 Å². The lowest BCUT2D eigenvalue weighted by atomic mass is 9.98.